The van der Waals surface area contributed by atoms with Gasteiger partial charge in [-0.25, -0.2) is 4.98 Å². The number of aromatic amines is 1. The van der Waals surface area contributed by atoms with Crippen LogP contribution in [0, 0.1) is 5.92 Å². The molecular weight excluding hydrogens is 320 g/mol. The van der Waals surface area contributed by atoms with Gasteiger partial charge in [-0.05, 0) is 29.3 Å². The lowest BCUT2D eigenvalue weighted by molar-refractivity contribution is -0.116. The number of aromatic nitrogens is 3. The Labute approximate surface area is 145 Å². The second-order valence-corrected chi connectivity index (χ2v) is 6.40. The molecule has 2 heterocycles. The third-order valence-electron chi connectivity index (χ3n) is 3.76. The number of benzene rings is 1. The van der Waals surface area contributed by atoms with Crippen LogP contribution >= 0.6 is 0 Å². The average Bonchev–Trinajstić information content (AvgIpc) is 3.17. The molecule has 0 atom stereocenters. The molecule has 2 N–H and O–H groups in total. The molecule has 3 aromatic rings. The van der Waals surface area contributed by atoms with E-state index >= 15 is 0 Å². The molecular formula is C18H22N4O3. The van der Waals surface area contributed by atoms with Crippen molar-refractivity contribution in [3.8, 4) is 5.88 Å². The minimum absolute atomic E-state index is 0.0864. The fourth-order valence-electron chi connectivity index (χ4n) is 2.59. The molecule has 2 aromatic heterocycles. The van der Waals surface area contributed by atoms with Crippen LogP contribution in [-0.2, 0) is 17.6 Å². The second kappa shape index (κ2) is 7.38. The summed E-state index contributed by atoms with van der Waals surface area (Å²) in [7, 11) is 1.52. The summed E-state index contributed by atoms with van der Waals surface area (Å²) in [6.07, 6.45) is 1.67. The van der Waals surface area contributed by atoms with E-state index in [1.807, 2.05) is 18.2 Å². The van der Waals surface area contributed by atoms with E-state index in [1.54, 1.807) is 6.07 Å². The van der Waals surface area contributed by atoms with Crippen molar-refractivity contribution in [2.24, 2.45) is 5.92 Å². The number of nitrogens with zero attached hydrogens (tertiary/aromatic N) is 2. The Morgan fingerprint density at radius 3 is 2.92 bits per heavy atom. The highest BCUT2D eigenvalue weighted by Crippen LogP contribution is 2.19. The number of rotatable bonds is 7. The molecule has 0 spiro atoms. The summed E-state index contributed by atoms with van der Waals surface area (Å²) < 4.78 is 10.0. The number of H-pyrrole nitrogens is 1. The molecule has 0 saturated heterocycles. The minimum Gasteiger partial charge on any atom is -0.479 e. The number of aryl methyl sites for hydroxylation is 1. The van der Waals surface area contributed by atoms with E-state index in [2.05, 4.69) is 34.3 Å². The standard InChI is InChI=1S/C18H22N4O3/c1-11(2)8-16-20-14-6-4-12(9-15(14)21-16)19-17(23)7-5-13-10-18(24-3)22-25-13/h4,6,9-11H,5,7-8H2,1-3H3,(H,19,23)(H,20,21). The molecule has 0 aliphatic carbocycles. The van der Waals surface area contributed by atoms with Gasteiger partial charge in [0.15, 0.2) is 0 Å². The predicted molar refractivity (Wildman–Crippen MR) is 94.6 cm³/mol. The summed E-state index contributed by atoms with van der Waals surface area (Å²) >= 11 is 0. The lowest BCUT2D eigenvalue weighted by Crippen LogP contribution is -2.12. The van der Waals surface area contributed by atoms with Crippen LogP contribution in [-0.4, -0.2) is 28.1 Å². The molecule has 0 unspecified atom stereocenters. The molecule has 1 aromatic carbocycles. The van der Waals surface area contributed by atoms with Gasteiger partial charge in [-0.1, -0.05) is 13.8 Å². The molecule has 0 radical (unpaired) electrons. The monoisotopic (exact) mass is 342 g/mol. The number of carbonyl (C=O) groups is 1. The number of imidazole rings is 1. The van der Waals surface area contributed by atoms with Crippen molar-refractivity contribution >= 4 is 22.6 Å². The Morgan fingerprint density at radius 1 is 1.36 bits per heavy atom. The number of anilines is 1. The van der Waals surface area contributed by atoms with E-state index in [0.29, 0.717) is 30.4 Å². The van der Waals surface area contributed by atoms with Gasteiger partial charge in [-0.2, -0.15) is 0 Å². The Hall–Kier alpha value is -2.83. The number of nitrogens with one attached hydrogen (secondary N) is 2. The van der Waals surface area contributed by atoms with Crippen LogP contribution in [0.15, 0.2) is 28.8 Å². The zero-order chi connectivity index (χ0) is 17.8. The molecule has 25 heavy (non-hydrogen) atoms. The third kappa shape index (κ3) is 4.37. The molecule has 0 saturated carbocycles. The van der Waals surface area contributed by atoms with Crippen molar-refractivity contribution < 1.29 is 14.1 Å². The molecule has 7 nitrogen and oxygen atoms in total. The second-order valence-electron chi connectivity index (χ2n) is 6.40. The number of ether oxygens (including phenoxy) is 1. The van der Waals surface area contributed by atoms with Crippen LogP contribution in [0.5, 0.6) is 5.88 Å². The van der Waals surface area contributed by atoms with E-state index in [1.165, 1.54) is 7.11 Å². The van der Waals surface area contributed by atoms with E-state index < -0.39 is 0 Å². The fourth-order valence-corrected chi connectivity index (χ4v) is 2.59. The van der Waals surface area contributed by atoms with E-state index in [4.69, 9.17) is 9.26 Å². The van der Waals surface area contributed by atoms with Crippen molar-refractivity contribution in [3.63, 3.8) is 0 Å². The molecule has 0 aliphatic heterocycles. The number of hydrogen-bond acceptors (Lipinski definition) is 5. The van der Waals surface area contributed by atoms with Crippen LogP contribution in [0.2, 0.25) is 0 Å². The van der Waals surface area contributed by atoms with E-state index in [-0.39, 0.29) is 5.91 Å². The van der Waals surface area contributed by atoms with Gasteiger partial charge >= 0.3 is 0 Å². The maximum absolute atomic E-state index is 12.1. The number of carbonyl (C=O) groups excluding carboxylic acids is 1. The summed E-state index contributed by atoms with van der Waals surface area (Å²) in [5.74, 6) is 2.45. The molecule has 7 heteroatoms. The van der Waals surface area contributed by atoms with Crippen LogP contribution in [0.4, 0.5) is 5.69 Å². The number of fused-ring (bicyclic) bond motifs is 1. The highest BCUT2D eigenvalue weighted by atomic mass is 16.5. The Morgan fingerprint density at radius 2 is 2.20 bits per heavy atom. The number of hydrogen-bond donors (Lipinski definition) is 2. The molecule has 132 valence electrons. The van der Waals surface area contributed by atoms with Crippen molar-refractivity contribution in [2.45, 2.75) is 33.1 Å². The first-order chi connectivity index (χ1) is 12.0. The van der Waals surface area contributed by atoms with Crippen molar-refractivity contribution in [1.29, 1.82) is 0 Å². The summed E-state index contributed by atoms with van der Waals surface area (Å²) in [4.78, 5) is 20.0. The van der Waals surface area contributed by atoms with Crippen LogP contribution < -0.4 is 10.1 Å². The molecule has 1 amide bonds. The molecule has 3 rings (SSSR count). The lowest BCUT2D eigenvalue weighted by Gasteiger charge is -2.04. The quantitative estimate of drug-likeness (QED) is 0.687. The Kier molecular flexibility index (Phi) is 5.02. The highest BCUT2D eigenvalue weighted by molar-refractivity contribution is 5.93. The van der Waals surface area contributed by atoms with Crippen molar-refractivity contribution in [2.75, 3.05) is 12.4 Å². The largest absolute Gasteiger partial charge is 0.479 e. The smallest absolute Gasteiger partial charge is 0.254 e. The lowest BCUT2D eigenvalue weighted by atomic mass is 10.1. The Balaban J connectivity index is 1.60. The fraction of sp³-hybridized carbons (Fsp3) is 0.389. The van der Waals surface area contributed by atoms with E-state index in [0.717, 1.165) is 29.0 Å². The van der Waals surface area contributed by atoms with Gasteiger partial charge in [-0.15, -0.1) is 0 Å². The van der Waals surface area contributed by atoms with Gasteiger partial charge < -0.3 is 19.6 Å². The normalized spacial score (nSPS) is 11.2. The molecule has 0 fully saturated rings. The summed E-state index contributed by atoms with van der Waals surface area (Å²) in [5.41, 5.74) is 2.57. The summed E-state index contributed by atoms with van der Waals surface area (Å²) in [6.45, 7) is 4.31. The van der Waals surface area contributed by atoms with Gasteiger partial charge in [0.2, 0.25) is 5.91 Å². The molecule has 0 bridgehead atoms. The maximum Gasteiger partial charge on any atom is 0.254 e. The van der Waals surface area contributed by atoms with Gasteiger partial charge in [0.05, 0.1) is 18.1 Å². The van der Waals surface area contributed by atoms with Gasteiger partial charge in [0.25, 0.3) is 5.88 Å². The minimum atomic E-state index is -0.0864. The van der Waals surface area contributed by atoms with Gasteiger partial charge in [0, 0.05) is 31.0 Å². The van der Waals surface area contributed by atoms with Crippen LogP contribution in [0.25, 0.3) is 11.0 Å². The van der Waals surface area contributed by atoms with E-state index in [9.17, 15) is 4.79 Å². The average molecular weight is 342 g/mol. The first-order valence-electron chi connectivity index (χ1n) is 8.31. The van der Waals surface area contributed by atoms with Gasteiger partial charge in [0.1, 0.15) is 11.6 Å². The Bertz CT molecular complexity index is 866. The topological polar surface area (TPSA) is 93.0 Å². The molecule has 0 aliphatic rings. The summed E-state index contributed by atoms with van der Waals surface area (Å²) in [5, 5.41) is 6.61. The summed E-state index contributed by atoms with van der Waals surface area (Å²) in [6, 6.07) is 7.35. The number of methoxy groups -OCH3 is 1. The van der Waals surface area contributed by atoms with Crippen LogP contribution in [0.1, 0.15) is 31.9 Å². The van der Waals surface area contributed by atoms with Crippen molar-refractivity contribution in [3.05, 3.63) is 35.9 Å². The van der Waals surface area contributed by atoms with Crippen molar-refractivity contribution in [1.82, 2.24) is 15.1 Å². The zero-order valence-corrected chi connectivity index (χ0v) is 14.6. The third-order valence-corrected chi connectivity index (χ3v) is 3.76. The maximum atomic E-state index is 12.1. The SMILES string of the molecule is COc1cc(CCC(=O)Nc2ccc3nc(CC(C)C)[nH]c3c2)on1. The number of amides is 1. The first kappa shape index (κ1) is 17.0. The van der Waals surface area contributed by atoms with Crippen LogP contribution in [0.3, 0.4) is 0 Å². The van der Waals surface area contributed by atoms with Gasteiger partial charge in [-0.3, -0.25) is 4.79 Å². The first-order valence-corrected chi connectivity index (χ1v) is 8.31. The predicted octanol–water partition coefficient (Wildman–Crippen LogP) is 3.33. The zero-order valence-electron chi connectivity index (χ0n) is 14.6. The highest BCUT2D eigenvalue weighted by Gasteiger charge is 2.10.